The second-order valence-corrected chi connectivity index (χ2v) is 3.18. The normalized spacial score (nSPS) is 10.0. The van der Waals surface area contributed by atoms with Crippen molar-refractivity contribution in [2.24, 2.45) is 0 Å². The van der Waals surface area contributed by atoms with Crippen LogP contribution in [0.25, 0.3) is 0 Å². The van der Waals surface area contributed by atoms with Crippen LogP contribution in [0.5, 0.6) is 0 Å². The monoisotopic (exact) mass is 240 g/mol. The predicted molar refractivity (Wildman–Crippen MR) is 44.5 cm³/mol. The first-order valence-electron chi connectivity index (χ1n) is 2.46. The highest BCUT2D eigenvalue weighted by molar-refractivity contribution is 9.10. The summed E-state index contributed by atoms with van der Waals surface area (Å²) in [6.45, 7) is 1.73. The molecule has 1 heterocycles. The number of aromatic nitrogens is 2. The number of rotatable bonds is 0. The molecule has 0 bridgehead atoms. The maximum absolute atomic E-state index is 5.64. The summed E-state index contributed by atoms with van der Waals surface area (Å²) in [6.07, 6.45) is 0. The van der Waals surface area contributed by atoms with E-state index in [0.29, 0.717) is 20.6 Å². The van der Waals surface area contributed by atoms with Crippen LogP contribution in [0.2, 0.25) is 10.3 Å². The highest BCUT2D eigenvalue weighted by Gasteiger charge is 2.04. The number of hydrogen-bond donors (Lipinski definition) is 0. The molecular weight excluding hydrogens is 239 g/mol. The van der Waals surface area contributed by atoms with Gasteiger partial charge in [0.05, 0.1) is 4.47 Å². The lowest BCUT2D eigenvalue weighted by Crippen LogP contribution is -1.89. The molecule has 0 amide bonds. The van der Waals surface area contributed by atoms with Crippen molar-refractivity contribution >= 4 is 39.1 Å². The summed E-state index contributed by atoms with van der Waals surface area (Å²) in [6, 6.07) is 0. The van der Waals surface area contributed by atoms with Gasteiger partial charge in [-0.1, -0.05) is 23.2 Å². The number of nitrogens with zero attached hydrogens (tertiary/aromatic N) is 2. The molecule has 2 nitrogen and oxygen atoms in total. The molecule has 1 rings (SSSR count). The molecule has 0 aliphatic heterocycles. The number of hydrogen-bond acceptors (Lipinski definition) is 2. The lowest BCUT2D eigenvalue weighted by molar-refractivity contribution is 1.04. The molecule has 0 spiro atoms. The van der Waals surface area contributed by atoms with Gasteiger partial charge in [-0.3, -0.25) is 0 Å². The van der Waals surface area contributed by atoms with E-state index in [1.165, 1.54) is 0 Å². The summed E-state index contributed by atoms with van der Waals surface area (Å²) in [5.74, 6) is 0.568. The third-order valence-corrected chi connectivity index (χ3v) is 2.64. The van der Waals surface area contributed by atoms with E-state index in [0.717, 1.165) is 0 Å². The summed E-state index contributed by atoms with van der Waals surface area (Å²) >= 11 is 14.4. The van der Waals surface area contributed by atoms with Crippen molar-refractivity contribution in [1.82, 2.24) is 9.97 Å². The van der Waals surface area contributed by atoms with Crippen molar-refractivity contribution in [1.29, 1.82) is 0 Å². The Morgan fingerprint density at radius 3 is 2.00 bits per heavy atom. The average Bonchev–Trinajstić information content (AvgIpc) is 1.82. The maximum Gasteiger partial charge on any atom is 0.148 e. The molecule has 1 aromatic rings. The minimum atomic E-state index is 0.345. The van der Waals surface area contributed by atoms with Crippen molar-refractivity contribution in [2.75, 3.05) is 0 Å². The highest BCUT2D eigenvalue weighted by atomic mass is 79.9. The lowest BCUT2D eigenvalue weighted by atomic mass is 10.6. The zero-order valence-electron chi connectivity index (χ0n) is 5.03. The van der Waals surface area contributed by atoms with E-state index in [-0.39, 0.29) is 0 Å². The smallest absolute Gasteiger partial charge is 0.148 e. The van der Waals surface area contributed by atoms with E-state index < -0.39 is 0 Å². The Balaban J connectivity index is 3.31. The van der Waals surface area contributed by atoms with Crippen molar-refractivity contribution < 1.29 is 0 Å². The average molecular weight is 242 g/mol. The zero-order chi connectivity index (χ0) is 7.72. The van der Waals surface area contributed by atoms with Crippen LogP contribution in [0.3, 0.4) is 0 Å². The highest BCUT2D eigenvalue weighted by Crippen LogP contribution is 2.26. The maximum atomic E-state index is 5.64. The fourth-order valence-corrected chi connectivity index (χ4v) is 1.14. The first-order chi connectivity index (χ1) is 4.61. The van der Waals surface area contributed by atoms with Crippen LogP contribution in [0.1, 0.15) is 5.82 Å². The lowest BCUT2D eigenvalue weighted by Gasteiger charge is -1.97. The van der Waals surface area contributed by atoms with Crippen LogP contribution in [-0.2, 0) is 0 Å². The summed E-state index contributed by atoms with van der Waals surface area (Å²) in [4.78, 5) is 7.71. The molecule has 0 fully saturated rings. The second kappa shape index (κ2) is 3.03. The second-order valence-electron chi connectivity index (χ2n) is 1.67. The Bertz CT molecular complexity index is 241. The van der Waals surface area contributed by atoms with E-state index >= 15 is 0 Å². The number of halogens is 3. The fraction of sp³-hybridized carbons (Fsp3) is 0.200. The predicted octanol–water partition coefficient (Wildman–Crippen LogP) is 2.85. The fourth-order valence-electron chi connectivity index (χ4n) is 0.492. The zero-order valence-corrected chi connectivity index (χ0v) is 8.13. The number of aryl methyl sites for hydroxylation is 1. The molecule has 0 atom stereocenters. The van der Waals surface area contributed by atoms with E-state index in [4.69, 9.17) is 23.2 Å². The van der Waals surface area contributed by atoms with Gasteiger partial charge in [-0.05, 0) is 22.9 Å². The Morgan fingerprint density at radius 2 is 1.60 bits per heavy atom. The minimum Gasteiger partial charge on any atom is -0.220 e. The summed E-state index contributed by atoms with van der Waals surface area (Å²) < 4.78 is 0.543. The van der Waals surface area contributed by atoms with Crippen LogP contribution >= 0.6 is 39.1 Å². The van der Waals surface area contributed by atoms with Gasteiger partial charge in [0.25, 0.3) is 0 Å². The van der Waals surface area contributed by atoms with E-state index in [9.17, 15) is 0 Å². The van der Waals surface area contributed by atoms with Crippen molar-refractivity contribution in [3.63, 3.8) is 0 Å². The molecule has 1 aromatic heterocycles. The van der Waals surface area contributed by atoms with Gasteiger partial charge < -0.3 is 0 Å². The quantitative estimate of drug-likeness (QED) is 0.653. The first-order valence-corrected chi connectivity index (χ1v) is 4.01. The molecule has 0 aliphatic carbocycles. The van der Waals surface area contributed by atoms with Crippen molar-refractivity contribution in [3.05, 3.63) is 20.6 Å². The van der Waals surface area contributed by atoms with Gasteiger partial charge in [0.1, 0.15) is 16.1 Å². The van der Waals surface area contributed by atoms with Crippen LogP contribution in [-0.4, -0.2) is 9.97 Å². The van der Waals surface area contributed by atoms with E-state index in [1.54, 1.807) is 6.92 Å². The standard InChI is InChI=1S/C5H3BrCl2N2/c1-2-9-4(7)3(6)5(8)10-2/h1H3. The largest absolute Gasteiger partial charge is 0.220 e. The molecule has 5 heteroatoms. The van der Waals surface area contributed by atoms with Crippen LogP contribution in [0.15, 0.2) is 4.47 Å². The van der Waals surface area contributed by atoms with E-state index in [2.05, 4.69) is 25.9 Å². The molecule has 0 saturated heterocycles. The molecule has 0 aliphatic rings. The van der Waals surface area contributed by atoms with Gasteiger partial charge in [-0.25, -0.2) is 9.97 Å². The van der Waals surface area contributed by atoms with Gasteiger partial charge in [0.15, 0.2) is 0 Å². The molecule has 54 valence electrons. The van der Waals surface area contributed by atoms with Crippen molar-refractivity contribution in [3.8, 4) is 0 Å². The van der Waals surface area contributed by atoms with Crippen LogP contribution in [0.4, 0.5) is 0 Å². The topological polar surface area (TPSA) is 25.8 Å². The van der Waals surface area contributed by atoms with Gasteiger partial charge in [-0.2, -0.15) is 0 Å². The molecule has 0 N–H and O–H groups in total. The molecular formula is C5H3BrCl2N2. The van der Waals surface area contributed by atoms with Gasteiger partial charge in [0, 0.05) is 0 Å². The summed E-state index contributed by atoms with van der Waals surface area (Å²) in [7, 11) is 0. The Labute approximate surface area is 76.7 Å². The van der Waals surface area contributed by atoms with Gasteiger partial charge in [0.2, 0.25) is 0 Å². The summed E-state index contributed by atoms with van der Waals surface area (Å²) in [5, 5.41) is 0.690. The van der Waals surface area contributed by atoms with Crippen molar-refractivity contribution in [2.45, 2.75) is 6.92 Å². The Kier molecular flexibility index (Phi) is 2.50. The molecule has 10 heavy (non-hydrogen) atoms. The first kappa shape index (κ1) is 8.24. The minimum absolute atomic E-state index is 0.345. The van der Waals surface area contributed by atoms with Crippen LogP contribution in [0, 0.1) is 6.92 Å². The SMILES string of the molecule is Cc1nc(Cl)c(Br)c(Cl)n1. The Morgan fingerprint density at radius 1 is 1.20 bits per heavy atom. The van der Waals surface area contributed by atoms with Gasteiger partial charge >= 0.3 is 0 Å². The summed E-state index contributed by atoms with van der Waals surface area (Å²) in [5.41, 5.74) is 0. The third kappa shape index (κ3) is 1.59. The van der Waals surface area contributed by atoms with E-state index in [1.807, 2.05) is 0 Å². The molecule has 0 radical (unpaired) electrons. The Hall–Kier alpha value is 0.140. The van der Waals surface area contributed by atoms with Gasteiger partial charge in [-0.15, -0.1) is 0 Å². The third-order valence-electron chi connectivity index (χ3n) is 0.882. The van der Waals surface area contributed by atoms with Crippen LogP contribution < -0.4 is 0 Å². The molecule has 0 saturated carbocycles. The molecule has 0 unspecified atom stereocenters. The molecule has 0 aromatic carbocycles.